The summed E-state index contributed by atoms with van der Waals surface area (Å²) in [6, 6.07) is 91.4. The molecule has 0 amide bonds. The van der Waals surface area contributed by atoms with Gasteiger partial charge in [0, 0.05) is 161 Å². The molecule has 0 aliphatic rings. The summed E-state index contributed by atoms with van der Waals surface area (Å²) in [4.78, 5) is 65.2. The number of hydrogen-bond acceptors (Lipinski definition) is 14. The summed E-state index contributed by atoms with van der Waals surface area (Å²) < 4.78 is 4.59. The first kappa shape index (κ1) is 78.9. The van der Waals surface area contributed by atoms with Crippen LogP contribution in [0.5, 0.6) is 0 Å². The normalized spacial score (nSPS) is 11.4. The Labute approximate surface area is 709 Å². The van der Waals surface area contributed by atoms with Crippen molar-refractivity contribution in [1.29, 1.82) is 0 Å². The molecular weight excluding hydrogens is 1600 g/mol. The van der Waals surface area contributed by atoms with Gasteiger partial charge in [-0.05, 0) is 149 Å². The number of aromatic nitrogens is 16. The maximum atomic E-state index is 5.53. The maximum Gasteiger partial charge on any atom is 2.00 e. The molecule has 0 saturated heterocycles. The molecule has 0 saturated carbocycles. The van der Waals surface area contributed by atoms with Crippen LogP contribution in [0.4, 0.5) is 0 Å². The zero-order valence-electron chi connectivity index (χ0n) is 65.6. The fraction of sp³-hybridized carbons (Fsp3) is 0.0800. The smallest absolute Gasteiger partial charge is 1.00 e. The molecule has 14 aromatic heterocycles. The van der Waals surface area contributed by atoms with Gasteiger partial charge in [0.25, 0.3) is 0 Å². The van der Waals surface area contributed by atoms with E-state index in [1.807, 2.05) is 97.6 Å². The van der Waals surface area contributed by atoms with Crippen molar-refractivity contribution in [3.05, 3.63) is 352 Å². The predicted molar refractivity (Wildman–Crippen MR) is 473 cm³/mol. The third kappa shape index (κ3) is 15.1. The monoisotopic (exact) mass is 1670 g/mol. The number of hydrogen-bond donors (Lipinski definition) is 0. The first-order valence-electron chi connectivity index (χ1n) is 38.6. The number of benzene rings is 9. The van der Waals surface area contributed by atoms with Crippen LogP contribution in [-0.4, -0.2) is 78.9 Å². The second-order valence-electron chi connectivity index (χ2n) is 30.6. The van der Waals surface area contributed by atoms with E-state index in [2.05, 4.69) is 285 Å². The Morgan fingerprint density at radius 3 is 0.655 bits per heavy atom. The summed E-state index contributed by atoms with van der Waals surface area (Å²) in [5, 5.41) is 13.0. The van der Waals surface area contributed by atoms with Gasteiger partial charge in [0.05, 0.1) is 88.3 Å². The van der Waals surface area contributed by atoms with Gasteiger partial charge in [0.1, 0.15) is 11.6 Å². The van der Waals surface area contributed by atoms with Crippen LogP contribution in [0, 0.1) is 0 Å². The number of fused-ring (bicyclic) bond motifs is 24. The van der Waals surface area contributed by atoms with E-state index in [1.54, 1.807) is 49.6 Å². The van der Waals surface area contributed by atoms with Crippen molar-refractivity contribution in [2.75, 3.05) is 0 Å². The van der Waals surface area contributed by atoms with Crippen LogP contribution in [-0.2, 0) is 30.3 Å². The average Bonchev–Trinajstić information content (AvgIpc) is 1.58. The molecule has 0 spiro atoms. The molecule has 119 heavy (non-hydrogen) atoms. The minimum absolute atomic E-state index is 0. The first-order chi connectivity index (χ1) is 56.8. The van der Waals surface area contributed by atoms with Gasteiger partial charge < -0.3 is 24.8 Å². The van der Waals surface area contributed by atoms with E-state index in [0.717, 1.165) is 187 Å². The standard InChI is InChI=1S/C52H42N8.4C12H8N2.2ClH.Ru/c1-51(2,3)33-18-22-35(23-19-33)59-47-39-16-10-28-55-43(39)41-37(14-8-26-53-41)45(47)57-49(59)31-12-7-13-32(30-31)50-58-46-38-15-9-27-54-42(38)44-40(17-11-29-56-44)48(46)60(50)36-24-20-34(21-25-36)52(4,5)6;4*1-3-9-5-6-10-4-2-8-14-12(10)11(9)13-7-1;;;/h7-30H,1-6H3;4*1-8H;2*1H;/q;;;;;;;+2/p-2. The van der Waals surface area contributed by atoms with Crippen LogP contribution in [0.25, 0.3) is 187 Å². The van der Waals surface area contributed by atoms with Crippen LogP contribution in [0.1, 0.15) is 52.7 Å². The largest absolute Gasteiger partial charge is 2.00 e. The quantitative estimate of drug-likeness (QED) is 0.119. The number of halogens is 2. The minimum Gasteiger partial charge on any atom is -1.00 e. The Morgan fingerprint density at radius 1 is 0.210 bits per heavy atom. The second-order valence-corrected chi connectivity index (χ2v) is 30.6. The number of rotatable bonds is 4. The topological polar surface area (TPSA) is 190 Å². The molecule has 23 aromatic rings. The van der Waals surface area contributed by atoms with Gasteiger partial charge in [0.2, 0.25) is 0 Å². The number of nitrogens with zero attached hydrogens (tertiary/aromatic N) is 16. The van der Waals surface area contributed by atoms with E-state index in [-0.39, 0.29) is 55.1 Å². The molecule has 16 nitrogen and oxygen atoms in total. The Balaban J connectivity index is 0.000000142. The van der Waals surface area contributed by atoms with Gasteiger partial charge in [-0.25, -0.2) is 9.97 Å². The Hall–Kier alpha value is -14.0. The fourth-order valence-electron chi connectivity index (χ4n) is 15.5. The number of imidazole rings is 2. The van der Waals surface area contributed by atoms with Crippen molar-refractivity contribution in [2.45, 2.75) is 52.4 Å². The Kier molecular flexibility index (Phi) is 22.1. The molecule has 14 heterocycles. The third-order valence-corrected chi connectivity index (χ3v) is 21.2. The predicted octanol–water partition coefficient (Wildman–Crippen LogP) is 17.6. The molecule has 0 atom stereocenters. The van der Waals surface area contributed by atoms with Crippen LogP contribution in [0.15, 0.2) is 341 Å². The summed E-state index contributed by atoms with van der Waals surface area (Å²) in [5.41, 5.74) is 21.4. The van der Waals surface area contributed by atoms with Crippen LogP contribution in [0.3, 0.4) is 0 Å². The maximum absolute atomic E-state index is 5.53. The summed E-state index contributed by atoms with van der Waals surface area (Å²) in [6.45, 7) is 13.5. The molecule has 0 N–H and O–H groups in total. The zero-order valence-corrected chi connectivity index (χ0v) is 68.8. The first-order valence-corrected chi connectivity index (χ1v) is 38.6. The molecule has 0 aliphatic heterocycles. The molecule has 576 valence electrons. The molecule has 9 aromatic carbocycles. The second kappa shape index (κ2) is 33.3. The van der Waals surface area contributed by atoms with Gasteiger partial charge in [-0.2, -0.15) is 0 Å². The van der Waals surface area contributed by atoms with Crippen LogP contribution >= 0.6 is 0 Å². The van der Waals surface area contributed by atoms with Crippen molar-refractivity contribution in [1.82, 2.24) is 78.9 Å². The third-order valence-electron chi connectivity index (χ3n) is 21.2. The van der Waals surface area contributed by atoms with E-state index >= 15 is 0 Å². The summed E-state index contributed by atoms with van der Waals surface area (Å²) in [5.74, 6) is 1.64. The molecule has 0 bridgehead atoms. The van der Waals surface area contributed by atoms with Gasteiger partial charge >= 0.3 is 19.5 Å². The van der Waals surface area contributed by atoms with Gasteiger partial charge in [0.15, 0.2) is 0 Å². The molecule has 0 fully saturated rings. The fourth-order valence-corrected chi connectivity index (χ4v) is 15.5. The van der Waals surface area contributed by atoms with Gasteiger partial charge in [-0.3, -0.25) is 68.9 Å². The average molecular weight is 1670 g/mol. The zero-order chi connectivity index (χ0) is 78.4. The van der Waals surface area contributed by atoms with Crippen molar-refractivity contribution < 1.29 is 44.3 Å². The number of pyridine rings is 12. The Morgan fingerprint density at radius 2 is 0.420 bits per heavy atom. The van der Waals surface area contributed by atoms with Crippen molar-refractivity contribution in [2.24, 2.45) is 0 Å². The molecular formula is C100H74Cl2N16Ru. The summed E-state index contributed by atoms with van der Waals surface area (Å²) in [7, 11) is 0. The van der Waals surface area contributed by atoms with Gasteiger partial charge in [-0.15, -0.1) is 0 Å². The molecule has 0 radical (unpaired) electrons. The molecule has 0 unspecified atom stereocenters. The Bertz CT molecular complexity index is 6830. The van der Waals surface area contributed by atoms with E-state index in [9.17, 15) is 0 Å². The van der Waals surface area contributed by atoms with E-state index in [0.29, 0.717) is 0 Å². The van der Waals surface area contributed by atoms with Crippen LogP contribution in [0.2, 0.25) is 0 Å². The van der Waals surface area contributed by atoms with Crippen LogP contribution < -0.4 is 24.8 Å². The van der Waals surface area contributed by atoms with E-state index in [4.69, 9.17) is 29.9 Å². The van der Waals surface area contributed by atoms with Crippen molar-refractivity contribution >= 4 is 153 Å². The molecule has 19 heteroatoms. The minimum atomic E-state index is 0. The van der Waals surface area contributed by atoms with Crippen molar-refractivity contribution in [3.63, 3.8) is 0 Å². The van der Waals surface area contributed by atoms with Gasteiger partial charge in [-0.1, -0.05) is 181 Å². The summed E-state index contributed by atoms with van der Waals surface area (Å²) in [6.07, 6.45) is 21.8. The molecule has 23 rings (SSSR count). The SMILES string of the molecule is CC(C)(C)c1ccc(-n2c(-c3cccc(-c4nc5c6cccnc6c6ncccc6c5n4-c4ccc(C(C)(C)C)cc4)c3)nc3c4cccnc4c4ncccc4c32)cc1.[Cl-].[Cl-].[Ru+2].c1cnc2c(c1)ccc1cccnc12.c1cnc2c(c1)ccc1cccnc12.c1cnc2c(c1)ccc1cccnc12.c1cnc2c(c1)ccc1cccnc12. The van der Waals surface area contributed by atoms with Crippen molar-refractivity contribution in [3.8, 4) is 34.2 Å². The summed E-state index contributed by atoms with van der Waals surface area (Å²) >= 11 is 0. The molecule has 0 aliphatic carbocycles. The van der Waals surface area contributed by atoms with E-state index < -0.39 is 0 Å². The van der Waals surface area contributed by atoms with E-state index in [1.165, 1.54) is 11.1 Å².